The first kappa shape index (κ1) is 27.4. The Bertz CT molecular complexity index is 2030. The molecule has 3 heterocycles. The molecule has 0 aliphatic rings. The summed E-state index contributed by atoms with van der Waals surface area (Å²) in [6.07, 6.45) is 4.82. The van der Waals surface area contributed by atoms with Crippen molar-refractivity contribution in [1.82, 2.24) is 19.5 Å². The molecule has 3 aromatic carbocycles. The lowest BCUT2D eigenvalue weighted by atomic mass is 9.98. The summed E-state index contributed by atoms with van der Waals surface area (Å²) in [7, 11) is 1.57. The third kappa shape index (κ3) is 5.21. The molecule has 3 aromatic heterocycles. The van der Waals surface area contributed by atoms with Crippen LogP contribution in [0.15, 0.2) is 102 Å². The van der Waals surface area contributed by atoms with Crippen molar-refractivity contribution in [3.05, 3.63) is 119 Å². The lowest BCUT2D eigenvalue weighted by Gasteiger charge is -2.23. The van der Waals surface area contributed by atoms with E-state index < -0.39 is 17.6 Å². The Labute approximate surface area is 246 Å². The van der Waals surface area contributed by atoms with Crippen LogP contribution in [0.1, 0.15) is 18.7 Å². The first-order valence-electron chi connectivity index (χ1n) is 13.5. The van der Waals surface area contributed by atoms with Gasteiger partial charge < -0.3 is 20.9 Å². The summed E-state index contributed by atoms with van der Waals surface area (Å²) in [6.45, 7) is 1.90. The molecule has 0 radical (unpaired) electrons. The van der Waals surface area contributed by atoms with Gasteiger partial charge in [0.25, 0.3) is 5.56 Å². The maximum Gasteiger partial charge on any atom is 0.263 e. The number of aromatic hydroxyl groups is 1. The van der Waals surface area contributed by atoms with E-state index in [-0.39, 0.29) is 11.5 Å². The number of nitrogen functional groups attached to an aromatic ring is 1. The van der Waals surface area contributed by atoms with Crippen LogP contribution in [0.25, 0.3) is 38.7 Å². The number of aromatic nitrogens is 4. The number of hydrogen-bond acceptors (Lipinski definition) is 8. The van der Waals surface area contributed by atoms with Crippen molar-refractivity contribution < 1.29 is 14.2 Å². The highest BCUT2D eigenvalue weighted by Crippen LogP contribution is 2.34. The molecule has 0 saturated carbocycles. The molecule has 6 aromatic rings. The van der Waals surface area contributed by atoms with Gasteiger partial charge in [0.05, 0.1) is 24.7 Å². The van der Waals surface area contributed by atoms with Crippen molar-refractivity contribution in [3.63, 3.8) is 0 Å². The largest absolute Gasteiger partial charge is 0.505 e. The van der Waals surface area contributed by atoms with Crippen LogP contribution in [-0.2, 0) is 0 Å². The van der Waals surface area contributed by atoms with Gasteiger partial charge in [-0.3, -0.25) is 14.3 Å². The van der Waals surface area contributed by atoms with Gasteiger partial charge in [-0.15, -0.1) is 0 Å². The van der Waals surface area contributed by atoms with E-state index in [9.17, 15) is 14.3 Å². The van der Waals surface area contributed by atoms with Gasteiger partial charge in [0.2, 0.25) is 5.95 Å². The predicted molar refractivity (Wildman–Crippen MR) is 165 cm³/mol. The number of para-hydroxylation sites is 1. The molecule has 0 saturated heterocycles. The van der Waals surface area contributed by atoms with Crippen molar-refractivity contribution in [3.8, 4) is 39.4 Å². The van der Waals surface area contributed by atoms with E-state index in [4.69, 9.17) is 10.5 Å². The van der Waals surface area contributed by atoms with Crippen molar-refractivity contribution in [2.24, 2.45) is 0 Å². The number of methoxy groups -OCH3 is 1. The third-order valence-electron chi connectivity index (χ3n) is 7.21. The van der Waals surface area contributed by atoms with Crippen molar-refractivity contribution in [2.75, 3.05) is 18.2 Å². The highest BCUT2D eigenvalue weighted by molar-refractivity contribution is 5.96. The minimum absolute atomic E-state index is 0.0280. The first-order chi connectivity index (χ1) is 20.8. The van der Waals surface area contributed by atoms with Crippen LogP contribution in [0.4, 0.5) is 16.2 Å². The van der Waals surface area contributed by atoms with E-state index in [0.29, 0.717) is 39.5 Å². The number of fused-ring (bicyclic) bond motifs is 1. The molecule has 0 bridgehead atoms. The zero-order valence-electron chi connectivity index (χ0n) is 23.3. The van der Waals surface area contributed by atoms with E-state index >= 15 is 0 Å². The van der Waals surface area contributed by atoms with Gasteiger partial charge in [0.1, 0.15) is 11.6 Å². The highest BCUT2D eigenvalue weighted by Gasteiger charge is 2.21. The Kier molecular flexibility index (Phi) is 7.17. The highest BCUT2D eigenvalue weighted by atomic mass is 19.1. The van der Waals surface area contributed by atoms with Crippen LogP contribution in [-0.4, -0.2) is 31.7 Å². The topological polar surface area (TPSA) is 128 Å². The molecule has 0 unspecified atom stereocenters. The van der Waals surface area contributed by atoms with Crippen LogP contribution in [0.3, 0.4) is 0 Å². The fourth-order valence-electron chi connectivity index (χ4n) is 5.14. The molecule has 0 aliphatic heterocycles. The lowest BCUT2D eigenvalue weighted by Crippen LogP contribution is -2.26. The Balaban J connectivity index is 1.53. The van der Waals surface area contributed by atoms with Gasteiger partial charge in [-0.05, 0) is 59.8 Å². The van der Waals surface area contributed by atoms with Gasteiger partial charge in [0, 0.05) is 34.9 Å². The summed E-state index contributed by atoms with van der Waals surface area (Å²) >= 11 is 0. The van der Waals surface area contributed by atoms with E-state index in [2.05, 4.69) is 20.3 Å². The second-order valence-electron chi connectivity index (χ2n) is 9.95. The maximum absolute atomic E-state index is 14.4. The van der Waals surface area contributed by atoms with Gasteiger partial charge in [-0.2, -0.15) is 4.98 Å². The third-order valence-corrected chi connectivity index (χ3v) is 7.21. The summed E-state index contributed by atoms with van der Waals surface area (Å²) in [5, 5.41) is 14.6. The summed E-state index contributed by atoms with van der Waals surface area (Å²) < 4.78 is 20.8. The molecule has 43 heavy (non-hydrogen) atoms. The molecular formula is C33H27FN6O3. The van der Waals surface area contributed by atoms with Gasteiger partial charge in [0.15, 0.2) is 11.6 Å². The van der Waals surface area contributed by atoms with Crippen LogP contribution in [0, 0.1) is 5.82 Å². The van der Waals surface area contributed by atoms with Crippen LogP contribution in [0.5, 0.6) is 11.5 Å². The molecule has 1 atom stereocenters. The summed E-state index contributed by atoms with van der Waals surface area (Å²) in [6, 6.07) is 22.4. The molecule has 0 amide bonds. The number of nitrogens with zero attached hydrogens (tertiary/aromatic N) is 4. The number of phenolic OH excluding ortho intramolecular Hbond substituents is 1. The minimum Gasteiger partial charge on any atom is -0.505 e. The quantitative estimate of drug-likeness (QED) is 0.208. The molecule has 214 valence electrons. The first-order valence-corrected chi connectivity index (χ1v) is 13.5. The number of halogens is 1. The normalized spacial score (nSPS) is 11.8. The molecule has 0 spiro atoms. The molecule has 6 rings (SSSR count). The molecule has 9 nitrogen and oxygen atoms in total. The number of pyridine rings is 2. The number of nitrogens with two attached hydrogens (primary N) is 1. The molecule has 0 aliphatic carbocycles. The van der Waals surface area contributed by atoms with Crippen molar-refractivity contribution >= 4 is 22.5 Å². The molecule has 4 N–H and O–H groups in total. The minimum atomic E-state index is -0.741. The Morgan fingerprint density at radius 1 is 0.953 bits per heavy atom. The van der Waals surface area contributed by atoms with E-state index in [0.717, 1.165) is 16.5 Å². The van der Waals surface area contributed by atoms with Crippen LogP contribution in [0.2, 0.25) is 0 Å². The fraction of sp³-hybridized carbons (Fsp3) is 0.0909. The average Bonchev–Trinajstić information content (AvgIpc) is 3.02. The number of hydrogen-bond donors (Lipinski definition) is 3. The number of rotatable bonds is 7. The summed E-state index contributed by atoms with van der Waals surface area (Å²) in [5.41, 5.74) is 9.55. The van der Waals surface area contributed by atoms with E-state index in [1.807, 2.05) is 67.6 Å². The monoisotopic (exact) mass is 574 g/mol. The second-order valence-corrected chi connectivity index (χ2v) is 9.95. The van der Waals surface area contributed by atoms with E-state index in [1.54, 1.807) is 24.1 Å². The zero-order chi connectivity index (χ0) is 30.1. The van der Waals surface area contributed by atoms with Crippen LogP contribution >= 0.6 is 0 Å². The molecular weight excluding hydrogens is 547 g/mol. The van der Waals surface area contributed by atoms with Crippen LogP contribution < -0.4 is 21.3 Å². The van der Waals surface area contributed by atoms with E-state index in [1.165, 1.54) is 24.4 Å². The number of nitrogens with one attached hydrogen (secondary N) is 1. The Morgan fingerprint density at radius 2 is 1.77 bits per heavy atom. The molecule has 0 fully saturated rings. The van der Waals surface area contributed by atoms with Gasteiger partial charge in [-0.25, -0.2) is 9.37 Å². The van der Waals surface area contributed by atoms with Gasteiger partial charge in [-0.1, -0.05) is 42.5 Å². The second kappa shape index (κ2) is 11.2. The fourth-order valence-corrected chi connectivity index (χ4v) is 5.14. The number of phenols is 1. The van der Waals surface area contributed by atoms with Crippen molar-refractivity contribution in [2.45, 2.75) is 13.0 Å². The molecule has 10 heteroatoms. The van der Waals surface area contributed by atoms with Crippen molar-refractivity contribution in [1.29, 1.82) is 0 Å². The van der Waals surface area contributed by atoms with Gasteiger partial charge >= 0.3 is 0 Å². The SMILES string of the molecule is COc1cncc(-c2cccc3cc([C@H](C)Nc4nc(N)ncc4-c4ccc(F)c(O)c4)n(-c4ccccc4)c(=O)c23)c1. The summed E-state index contributed by atoms with van der Waals surface area (Å²) in [5.74, 6) is -0.269. The summed E-state index contributed by atoms with van der Waals surface area (Å²) in [4.78, 5) is 27.2. The zero-order valence-corrected chi connectivity index (χ0v) is 23.3. The standard InChI is InChI=1S/C33H27FN6O3/c1-19(38-31-26(18-37-33(35)39-31)20-11-12-27(34)29(41)15-20)28-14-21-7-6-10-25(22-13-24(43-2)17-36-16-22)30(21)32(42)40(28)23-8-4-3-5-9-23/h3-19,41H,1-2H3,(H3,35,37,38,39)/t19-/m0/s1. The number of anilines is 2. The lowest BCUT2D eigenvalue weighted by molar-refractivity contribution is 0.413. The number of benzene rings is 3. The maximum atomic E-state index is 14.4. The Morgan fingerprint density at radius 3 is 2.53 bits per heavy atom. The Hall–Kier alpha value is -5.77. The smallest absolute Gasteiger partial charge is 0.263 e. The predicted octanol–water partition coefficient (Wildman–Crippen LogP) is 6.12. The average molecular weight is 575 g/mol. The number of ether oxygens (including phenoxy) is 1.